The fourth-order valence-corrected chi connectivity index (χ4v) is 2.12. The van der Waals surface area contributed by atoms with E-state index in [-0.39, 0.29) is 11.6 Å². The first-order valence-corrected chi connectivity index (χ1v) is 5.41. The zero-order chi connectivity index (χ0) is 10.7. The summed E-state index contributed by atoms with van der Waals surface area (Å²) in [5.74, 6) is 0. The molecule has 5 nitrogen and oxygen atoms in total. The Balaban J connectivity index is 1.96. The third-order valence-corrected chi connectivity index (χ3v) is 3.15. The Morgan fingerprint density at radius 2 is 2.53 bits per heavy atom. The Hall–Kier alpha value is -0.810. The minimum Gasteiger partial charge on any atom is -0.378 e. The van der Waals surface area contributed by atoms with Crippen LogP contribution >= 0.6 is 0 Å². The molecule has 0 aromatic rings. The van der Waals surface area contributed by atoms with Gasteiger partial charge in [-0.15, -0.1) is 0 Å². The first kappa shape index (κ1) is 10.7. The average molecular weight is 214 g/mol. The molecule has 0 bridgehead atoms. The van der Waals surface area contributed by atoms with Gasteiger partial charge in [0.05, 0.1) is 13.2 Å². The normalized spacial score (nSPS) is 31.8. The first-order valence-electron chi connectivity index (χ1n) is 5.41. The smallest absolute Gasteiger partial charge is 0.317 e. The Morgan fingerprint density at radius 3 is 3.13 bits per heavy atom. The molecule has 15 heavy (non-hydrogen) atoms. The first-order chi connectivity index (χ1) is 7.26. The van der Waals surface area contributed by atoms with E-state index in [2.05, 4.69) is 5.32 Å². The summed E-state index contributed by atoms with van der Waals surface area (Å²) in [6.45, 7) is 3.55. The Bertz CT molecular complexity index is 239. The molecule has 2 fully saturated rings. The molecule has 2 aliphatic rings. The van der Waals surface area contributed by atoms with Gasteiger partial charge in [0.15, 0.2) is 0 Å². The lowest BCUT2D eigenvalue weighted by molar-refractivity contribution is -0.0349. The molecule has 86 valence electrons. The largest absolute Gasteiger partial charge is 0.378 e. The summed E-state index contributed by atoms with van der Waals surface area (Å²) < 4.78 is 10.8. The number of nitrogens with zero attached hydrogens (tertiary/aromatic N) is 1. The highest BCUT2D eigenvalue weighted by atomic mass is 16.5. The van der Waals surface area contributed by atoms with Crippen molar-refractivity contribution in [2.24, 2.45) is 0 Å². The molecule has 0 aromatic heterocycles. The van der Waals surface area contributed by atoms with Gasteiger partial charge in [-0.1, -0.05) is 0 Å². The number of urea groups is 1. The lowest BCUT2D eigenvalue weighted by atomic mass is 10.0. The van der Waals surface area contributed by atoms with Crippen molar-refractivity contribution in [3.8, 4) is 0 Å². The van der Waals surface area contributed by atoms with Crippen LogP contribution in [0.5, 0.6) is 0 Å². The van der Waals surface area contributed by atoms with Gasteiger partial charge in [0.2, 0.25) is 0 Å². The quantitative estimate of drug-likeness (QED) is 0.730. The SMILES string of the molecule is COC1(CN2CCCNC2=O)CCOC1. The zero-order valence-corrected chi connectivity index (χ0v) is 9.12. The number of carbonyl (C=O) groups excluding carboxylic acids is 1. The Kier molecular flexibility index (Phi) is 3.11. The van der Waals surface area contributed by atoms with Crippen molar-refractivity contribution in [1.82, 2.24) is 10.2 Å². The number of rotatable bonds is 3. The fourth-order valence-electron chi connectivity index (χ4n) is 2.12. The van der Waals surface area contributed by atoms with Crippen LogP contribution in [0, 0.1) is 0 Å². The van der Waals surface area contributed by atoms with Crippen molar-refractivity contribution >= 4 is 6.03 Å². The average Bonchev–Trinajstić information content (AvgIpc) is 2.71. The van der Waals surface area contributed by atoms with Crippen LogP contribution in [0.2, 0.25) is 0 Å². The fraction of sp³-hybridized carbons (Fsp3) is 0.900. The van der Waals surface area contributed by atoms with Gasteiger partial charge in [0.1, 0.15) is 5.60 Å². The van der Waals surface area contributed by atoms with Crippen molar-refractivity contribution in [2.45, 2.75) is 18.4 Å². The summed E-state index contributed by atoms with van der Waals surface area (Å²) in [5.41, 5.74) is -0.283. The minimum atomic E-state index is -0.283. The molecule has 1 unspecified atom stereocenters. The highest BCUT2D eigenvalue weighted by Crippen LogP contribution is 2.24. The number of carbonyl (C=O) groups is 1. The maximum absolute atomic E-state index is 11.6. The highest BCUT2D eigenvalue weighted by Gasteiger charge is 2.38. The molecular weight excluding hydrogens is 196 g/mol. The van der Waals surface area contributed by atoms with E-state index in [9.17, 15) is 4.79 Å². The van der Waals surface area contributed by atoms with Crippen LogP contribution in [0.25, 0.3) is 0 Å². The minimum absolute atomic E-state index is 0.0181. The summed E-state index contributed by atoms with van der Waals surface area (Å²) in [5, 5.41) is 2.84. The van der Waals surface area contributed by atoms with Crippen molar-refractivity contribution in [3.63, 3.8) is 0 Å². The van der Waals surface area contributed by atoms with E-state index in [0.717, 1.165) is 32.5 Å². The van der Waals surface area contributed by atoms with Crippen LogP contribution in [0.1, 0.15) is 12.8 Å². The lowest BCUT2D eigenvalue weighted by Crippen LogP contribution is -2.53. The predicted molar refractivity (Wildman–Crippen MR) is 54.8 cm³/mol. The van der Waals surface area contributed by atoms with Gasteiger partial charge in [-0.3, -0.25) is 0 Å². The van der Waals surface area contributed by atoms with Crippen LogP contribution < -0.4 is 5.32 Å². The molecule has 0 spiro atoms. The summed E-state index contributed by atoms with van der Waals surface area (Å²) in [6.07, 6.45) is 1.87. The monoisotopic (exact) mass is 214 g/mol. The number of nitrogens with one attached hydrogen (secondary N) is 1. The molecule has 2 heterocycles. The summed E-state index contributed by atoms with van der Waals surface area (Å²) in [4.78, 5) is 13.4. The molecule has 2 saturated heterocycles. The van der Waals surface area contributed by atoms with Gasteiger partial charge in [-0.25, -0.2) is 4.79 Å². The summed E-state index contributed by atoms with van der Waals surface area (Å²) >= 11 is 0. The number of hydrogen-bond donors (Lipinski definition) is 1. The molecule has 0 aliphatic carbocycles. The van der Waals surface area contributed by atoms with Gasteiger partial charge in [-0.05, 0) is 6.42 Å². The van der Waals surface area contributed by atoms with E-state index in [4.69, 9.17) is 9.47 Å². The molecule has 2 amide bonds. The second kappa shape index (κ2) is 4.37. The van der Waals surface area contributed by atoms with E-state index in [1.54, 1.807) is 7.11 Å². The van der Waals surface area contributed by atoms with E-state index < -0.39 is 0 Å². The van der Waals surface area contributed by atoms with Crippen molar-refractivity contribution in [3.05, 3.63) is 0 Å². The third kappa shape index (κ3) is 2.23. The van der Waals surface area contributed by atoms with Gasteiger partial charge in [0.25, 0.3) is 0 Å². The van der Waals surface area contributed by atoms with Gasteiger partial charge >= 0.3 is 6.03 Å². The molecule has 1 atom stereocenters. The summed E-state index contributed by atoms with van der Waals surface area (Å²) in [7, 11) is 1.69. The number of amides is 2. The maximum atomic E-state index is 11.6. The maximum Gasteiger partial charge on any atom is 0.317 e. The van der Waals surface area contributed by atoms with Gasteiger partial charge in [0, 0.05) is 33.2 Å². The molecule has 5 heteroatoms. The second-order valence-corrected chi connectivity index (χ2v) is 4.20. The van der Waals surface area contributed by atoms with Crippen molar-refractivity contribution < 1.29 is 14.3 Å². The van der Waals surface area contributed by atoms with Crippen LogP contribution in [-0.2, 0) is 9.47 Å². The standard InChI is InChI=1S/C10H18N2O3/c1-14-10(3-6-15-8-10)7-12-5-2-4-11-9(12)13/h2-8H2,1H3,(H,11,13). The molecule has 0 radical (unpaired) electrons. The van der Waals surface area contributed by atoms with Crippen LogP contribution in [0.4, 0.5) is 4.79 Å². The summed E-state index contributed by atoms with van der Waals surface area (Å²) in [6, 6.07) is 0.0181. The van der Waals surface area contributed by atoms with Crippen LogP contribution in [0.15, 0.2) is 0 Å². The second-order valence-electron chi connectivity index (χ2n) is 4.20. The van der Waals surface area contributed by atoms with E-state index in [0.29, 0.717) is 13.2 Å². The molecule has 2 aliphatic heterocycles. The molecular formula is C10H18N2O3. The highest BCUT2D eigenvalue weighted by molar-refractivity contribution is 5.74. The number of ether oxygens (including phenoxy) is 2. The third-order valence-electron chi connectivity index (χ3n) is 3.15. The van der Waals surface area contributed by atoms with E-state index in [1.165, 1.54) is 0 Å². The number of methoxy groups -OCH3 is 1. The van der Waals surface area contributed by atoms with Crippen molar-refractivity contribution in [1.29, 1.82) is 0 Å². The van der Waals surface area contributed by atoms with E-state index >= 15 is 0 Å². The lowest BCUT2D eigenvalue weighted by Gasteiger charge is -2.35. The Morgan fingerprint density at radius 1 is 1.67 bits per heavy atom. The molecule has 0 aromatic carbocycles. The Labute approximate surface area is 89.7 Å². The topological polar surface area (TPSA) is 50.8 Å². The van der Waals surface area contributed by atoms with Crippen LogP contribution in [-0.4, -0.2) is 56.5 Å². The van der Waals surface area contributed by atoms with Gasteiger partial charge in [-0.2, -0.15) is 0 Å². The number of hydrogen-bond acceptors (Lipinski definition) is 3. The van der Waals surface area contributed by atoms with Crippen molar-refractivity contribution in [2.75, 3.05) is 40.0 Å². The molecule has 0 saturated carbocycles. The van der Waals surface area contributed by atoms with E-state index in [1.807, 2.05) is 4.90 Å². The molecule has 2 rings (SSSR count). The zero-order valence-electron chi connectivity index (χ0n) is 9.12. The molecule has 1 N–H and O–H groups in total. The van der Waals surface area contributed by atoms with Crippen LogP contribution in [0.3, 0.4) is 0 Å². The predicted octanol–water partition coefficient (Wildman–Crippen LogP) is 0.207. The van der Waals surface area contributed by atoms with Gasteiger partial charge < -0.3 is 19.7 Å².